The predicted octanol–water partition coefficient (Wildman–Crippen LogP) is 4.03. The molecule has 2 aromatic carbocycles. The summed E-state index contributed by atoms with van der Waals surface area (Å²) in [5, 5.41) is 5.06. The maximum absolute atomic E-state index is 13.3. The second kappa shape index (κ2) is 8.74. The average molecular weight is 464 g/mol. The Hall–Kier alpha value is -4.01. The summed E-state index contributed by atoms with van der Waals surface area (Å²) < 4.78 is 28.2. The smallest absolute Gasteiger partial charge is 0.323 e. The highest BCUT2D eigenvalue weighted by Crippen LogP contribution is 2.36. The quantitative estimate of drug-likeness (QED) is 0.614. The minimum atomic E-state index is -0.643. The van der Waals surface area contributed by atoms with E-state index in [0.717, 1.165) is 12.1 Å². The number of carbonyl (C=O) groups is 2. The molecule has 2 atom stereocenters. The molecule has 3 heterocycles. The zero-order valence-corrected chi connectivity index (χ0v) is 18.1. The lowest BCUT2D eigenvalue weighted by Gasteiger charge is -2.43. The van der Waals surface area contributed by atoms with Crippen molar-refractivity contribution in [3.63, 3.8) is 0 Å². The van der Waals surface area contributed by atoms with Crippen LogP contribution in [-0.2, 0) is 6.54 Å². The number of rotatable bonds is 3. The maximum atomic E-state index is 13.3. The van der Waals surface area contributed by atoms with Crippen molar-refractivity contribution < 1.29 is 18.4 Å². The normalized spacial score (nSPS) is 18.7. The minimum absolute atomic E-state index is 0.0141. The van der Waals surface area contributed by atoms with Crippen molar-refractivity contribution in [3.05, 3.63) is 93.9 Å². The lowest BCUT2D eigenvalue weighted by atomic mass is 9.83. The van der Waals surface area contributed by atoms with Gasteiger partial charge in [-0.2, -0.15) is 0 Å². The van der Waals surface area contributed by atoms with Gasteiger partial charge in [0.25, 0.3) is 11.5 Å². The molecule has 1 aromatic heterocycles. The van der Waals surface area contributed by atoms with E-state index in [1.54, 1.807) is 27.7 Å². The summed E-state index contributed by atoms with van der Waals surface area (Å²) in [5.74, 6) is -0.957. The van der Waals surface area contributed by atoms with Crippen molar-refractivity contribution in [1.29, 1.82) is 0 Å². The molecular formula is C25H22F2N4O3. The number of urea groups is 1. The molecule has 0 unspecified atom stereocenters. The maximum Gasteiger partial charge on any atom is 0.323 e. The molecule has 9 heteroatoms. The first-order valence-corrected chi connectivity index (χ1v) is 11.0. The molecular weight excluding hydrogens is 442 g/mol. The van der Waals surface area contributed by atoms with Gasteiger partial charge in [-0.1, -0.05) is 6.07 Å². The summed E-state index contributed by atoms with van der Waals surface area (Å²) in [4.78, 5) is 40.1. The minimum Gasteiger partial charge on any atom is -0.338 e. The molecule has 1 saturated heterocycles. The predicted molar refractivity (Wildman–Crippen MR) is 123 cm³/mol. The SMILES string of the molecule is O=C(Nc1cccc(F)c1)Nc1ccc2n(c1=O)C[C@@H]1C[C@@H]2CN(C(=O)c2ccc(F)cc2)C1. The Labute approximate surface area is 194 Å². The van der Waals surface area contributed by atoms with Crippen molar-refractivity contribution in [1.82, 2.24) is 9.47 Å². The van der Waals surface area contributed by atoms with Gasteiger partial charge in [0.1, 0.15) is 17.3 Å². The molecule has 34 heavy (non-hydrogen) atoms. The van der Waals surface area contributed by atoms with Gasteiger partial charge in [0.05, 0.1) is 0 Å². The molecule has 1 fully saturated rings. The third-order valence-corrected chi connectivity index (χ3v) is 6.31. The van der Waals surface area contributed by atoms with E-state index in [1.165, 1.54) is 42.5 Å². The Balaban J connectivity index is 1.32. The second-order valence-corrected chi connectivity index (χ2v) is 8.69. The summed E-state index contributed by atoms with van der Waals surface area (Å²) in [7, 11) is 0. The van der Waals surface area contributed by atoms with Crippen molar-refractivity contribution >= 4 is 23.3 Å². The van der Waals surface area contributed by atoms with Crippen molar-refractivity contribution in [2.75, 3.05) is 23.7 Å². The van der Waals surface area contributed by atoms with E-state index >= 15 is 0 Å². The Morgan fingerprint density at radius 1 is 0.882 bits per heavy atom. The molecule has 0 aliphatic carbocycles. The molecule has 0 saturated carbocycles. The third-order valence-electron chi connectivity index (χ3n) is 6.31. The van der Waals surface area contributed by atoms with Gasteiger partial charge in [0.15, 0.2) is 0 Å². The van der Waals surface area contributed by atoms with Gasteiger partial charge in [0, 0.05) is 42.5 Å². The number of anilines is 2. The molecule has 3 aromatic rings. The van der Waals surface area contributed by atoms with E-state index in [2.05, 4.69) is 10.6 Å². The summed E-state index contributed by atoms with van der Waals surface area (Å²) in [6.07, 6.45) is 0.861. The van der Waals surface area contributed by atoms with Gasteiger partial charge in [-0.25, -0.2) is 13.6 Å². The first-order valence-electron chi connectivity index (χ1n) is 11.0. The average Bonchev–Trinajstić information content (AvgIpc) is 2.81. The number of likely N-dealkylation sites (tertiary alicyclic amines) is 1. The molecule has 2 aliphatic rings. The number of amides is 3. The lowest BCUT2D eigenvalue weighted by molar-refractivity contribution is 0.0594. The van der Waals surface area contributed by atoms with E-state index in [-0.39, 0.29) is 34.7 Å². The molecule has 3 amide bonds. The third kappa shape index (κ3) is 4.28. The number of pyridine rings is 1. The molecule has 2 bridgehead atoms. The van der Waals surface area contributed by atoms with Gasteiger partial charge in [-0.05, 0) is 66.9 Å². The van der Waals surface area contributed by atoms with Crippen LogP contribution in [0.1, 0.15) is 28.4 Å². The summed E-state index contributed by atoms with van der Waals surface area (Å²) in [6.45, 7) is 1.38. The number of fused-ring (bicyclic) bond motifs is 4. The van der Waals surface area contributed by atoms with Gasteiger partial charge in [-0.3, -0.25) is 9.59 Å². The van der Waals surface area contributed by atoms with Crippen molar-refractivity contribution in [3.8, 4) is 0 Å². The fourth-order valence-corrected chi connectivity index (χ4v) is 4.83. The number of hydrogen-bond acceptors (Lipinski definition) is 3. The van der Waals surface area contributed by atoms with E-state index in [0.29, 0.717) is 25.2 Å². The molecule has 2 N–H and O–H groups in total. The standard InChI is InChI=1S/C25H22F2N4O3/c26-18-6-4-16(5-7-18)23(32)30-12-15-10-17(14-30)22-9-8-21(24(33)31(22)13-15)29-25(34)28-20-3-1-2-19(27)11-20/h1-9,11,15,17H,10,12-14H2,(H2,28,29,34)/t15-,17-/m1/s1. The number of aromatic nitrogens is 1. The van der Waals surface area contributed by atoms with Gasteiger partial charge in [0.2, 0.25) is 0 Å². The van der Waals surface area contributed by atoms with E-state index in [4.69, 9.17) is 0 Å². The van der Waals surface area contributed by atoms with Gasteiger partial charge < -0.3 is 20.1 Å². The largest absolute Gasteiger partial charge is 0.338 e. The van der Waals surface area contributed by atoms with E-state index in [1.807, 2.05) is 0 Å². The highest BCUT2D eigenvalue weighted by atomic mass is 19.1. The highest BCUT2D eigenvalue weighted by molar-refractivity contribution is 5.99. The van der Waals surface area contributed by atoms with Crippen LogP contribution >= 0.6 is 0 Å². The first-order chi connectivity index (χ1) is 16.4. The van der Waals surface area contributed by atoms with Gasteiger partial charge in [-0.15, -0.1) is 0 Å². The highest BCUT2D eigenvalue weighted by Gasteiger charge is 2.37. The van der Waals surface area contributed by atoms with Crippen LogP contribution < -0.4 is 16.2 Å². The number of nitrogens with zero attached hydrogens (tertiary/aromatic N) is 2. The number of benzene rings is 2. The van der Waals surface area contributed by atoms with Crippen LogP contribution in [0.15, 0.2) is 65.5 Å². The van der Waals surface area contributed by atoms with Crippen LogP contribution in [0.2, 0.25) is 0 Å². The Morgan fingerprint density at radius 2 is 1.68 bits per heavy atom. The molecule has 2 aliphatic heterocycles. The van der Waals surface area contributed by atoms with Crippen LogP contribution in [0.4, 0.5) is 25.0 Å². The number of piperidine rings is 1. The fourth-order valence-electron chi connectivity index (χ4n) is 4.83. The lowest BCUT2D eigenvalue weighted by Crippen LogP contribution is -2.49. The molecule has 0 radical (unpaired) electrons. The van der Waals surface area contributed by atoms with Crippen molar-refractivity contribution in [2.45, 2.75) is 18.9 Å². The Kier molecular flexibility index (Phi) is 5.61. The zero-order valence-electron chi connectivity index (χ0n) is 18.1. The monoisotopic (exact) mass is 464 g/mol. The zero-order chi connectivity index (χ0) is 23.8. The summed E-state index contributed by atoms with van der Waals surface area (Å²) >= 11 is 0. The fraction of sp³-hybridized carbons (Fsp3) is 0.240. The molecule has 174 valence electrons. The van der Waals surface area contributed by atoms with Crippen LogP contribution in [0.25, 0.3) is 0 Å². The Morgan fingerprint density at radius 3 is 2.44 bits per heavy atom. The van der Waals surface area contributed by atoms with E-state index in [9.17, 15) is 23.2 Å². The number of halogens is 2. The van der Waals surface area contributed by atoms with Gasteiger partial charge >= 0.3 is 6.03 Å². The number of hydrogen-bond donors (Lipinski definition) is 2. The topological polar surface area (TPSA) is 83.4 Å². The number of carbonyl (C=O) groups excluding carboxylic acids is 2. The molecule has 7 nitrogen and oxygen atoms in total. The summed E-state index contributed by atoms with van der Waals surface area (Å²) in [6, 6.07) is 13.7. The van der Waals surface area contributed by atoms with Crippen LogP contribution in [-0.4, -0.2) is 34.5 Å². The Bertz CT molecular complexity index is 1320. The van der Waals surface area contributed by atoms with Crippen LogP contribution in [0.5, 0.6) is 0 Å². The number of nitrogens with one attached hydrogen (secondary N) is 2. The molecule has 0 spiro atoms. The first kappa shape index (κ1) is 21.8. The van der Waals surface area contributed by atoms with E-state index < -0.39 is 17.7 Å². The second-order valence-electron chi connectivity index (χ2n) is 8.69. The summed E-state index contributed by atoms with van der Waals surface area (Å²) in [5.41, 5.74) is 1.32. The van der Waals surface area contributed by atoms with Crippen LogP contribution in [0, 0.1) is 17.6 Å². The van der Waals surface area contributed by atoms with Crippen molar-refractivity contribution in [2.24, 2.45) is 5.92 Å². The van der Waals surface area contributed by atoms with Crippen LogP contribution in [0.3, 0.4) is 0 Å². The molecule has 5 rings (SSSR count).